The van der Waals surface area contributed by atoms with E-state index in [9.17, 15) is 0 Å². The van der Waals surface area contributed by atoms with Gasteiger partial charge in [0.15, 0.2) is 0 Å². The van der Waals surface area contributed by atoms with E-state index < -0.39 is 0 Å². The van der Waals surface area contributed by atoms with E-state index in [1.54, 1.807) is 29.7 Å². The summed E-state index contributed by atoms with van der Waals surface area (Å²) in [6, 6.07) is 15.4. The molecule has 4 aromatic rings. The van der Waals surface area contributed by atoms with E-state index in [0.29, 0.717) is 11.5 Å². The Balaban J connectivity index is 1.67. The lowest BCUT2D eigenvalue weighted by atomic mass is 10.2. The summed E-state index contributed by atoms with van der Waals surface area (Å²) in [6.07, 6.45) is 1.80. The Morgan fingerprint density at radius 1 is 1.17 bits per heavy atom. The number of anilines is 2. The quantitative estimate of drug-likeness (QED) is 0.590. The largest absolute Gasteiger partial charge is 0.326 e. The van der Waals surface area contributed by atoms with Crippen molar-refractivity contribution < 1.29 is 0 Å². The molecule has 0 fully saturated rings. The molecule has 0 atom stereocenters. The molecule has 0 unspecified atom stereocenters. The third kappa shape index (κ3) is 2.65. The van der Waals surface area contributed by atoms with Gasteiger partial charge in [0.05, 0.1) is 22.7 Å². The number of aromatic nitrogens is 3. The van der Waals surface area contributed by atoms with Crippen LogP contribution in [0.1, 0.15) is 5.56 Å². The molecule has 0 spiro atoms. The lowest BCUT2D eigenvalue weighted by molar-refractivity contribution is 1.31. The Labute approximate surface area is 136 Å². The standard InChI is InChI=1S/C17H11N5S/c18-10-11-2-1-3-13(8-11)20-17-21-14-5-4-12(9-15(14)22-17)16-19-6-7-23-16/h1-9H,(H2,20,21,22). The van der Waals surface area contributed by atoms with Crippen LogP contribution in [0.3, 0.4) is 0 Å². The van der Waals surface area contributed by atoms with Gasteiger partial charge in [-0.05, 0) is 36.4 Å². The van der Waals surface area contributed by atoms with E-state index in [1.807, 2.05) is 35.7 Å². The zero-order valence-electron chi connectivity index (χ0n) is 11.9. The van der Waals surface area contributed by atoms with Gasteiger partial charge in [-0.1, -0.05) is 6.07 Å². The number of fused-ring (bicyclic) bond motifs is 1. The third-order valence-corrected chi connectivity index (χ3v) is 4.24. The van der Waals surface area contributed by atoms with Gasteiger partial charge in [-0.3, -0.25) is 0 Å². The summed E-state index contributed by atoms with van der Waals surface area (Å²) in [6.45, 7) is 0. The van der Waals surface area contributed by atoms with E-state index in [-0.39, 0.29) is 0 Å². The van der Waals surface area contributed by atoms with Crippen molar-refractivity contribution in [1.29, 1.82) is 5.26 Å². The Bertz CT molecular complexity index is 1010. The highest BCUT2D eigenvalue weighted by Crippen LogP contribution is 2.26. The van der Waals surface area contributed by atoms with Gasteiger partial charge in [0.1, 0.15) is 5.01 Å². The third-order valence-electron chi connectivity index (χ3n) is 3.42. The van der Waals surface area contributed by atoms with Gasteiger partial charge < -0.3 is 10.3 Å². The van der Waals surface area contributed by atoms with E-state index in [0.717, 1.165) is 27.3 Å². The molecule has 110 valence electrons. The molecule has 2 aromatic heterocycles. The van der Waals surface area contributed by atoms with Crippen LogP contribution in [0.5, 0.6) is 0 Å². The molecule has 0 aliphatic carbocycles. The normalized spacial score (nSPS) is 10.6. The maximum atomic E-state index is 8.96. The van der Waals surface area contributed by atoms with Crippen molar-refractivity contribution in [3.8, 4) is 16.6 Å². The number of imidazole rings is 1. The second-order valence-corrected chi connectivity index (χ2v) is 5.87. The van der Waals surface area contributed by atoms with Gasteiger partial charge in [0, 0.05) is 22.8 Å². The first kappa shape index (κ1) is 13.5. The summed E-state index contributed by atoms with van der Waals surface area (Å²) in [4.78, 5) is 12.1. The van der Waals surface area contributed by atoms with Gasteiger partial charge in [0.25, 0.3) is 0 Å². The van der Waals surface area contributed by atoms with Crippen LogP contribution < -0.4 is 5.32 Å². The first-order valence-corrected chi connectivity index (χ1v) is 7.86. The fourth-order valence-electron chi connectivity index (χ4n) is 2.37. The zero-order chi connectivity index (χ0) is 15.6. The first-order chi connectivity index (χ1) is 11.3. The molecular weight excluding hydrogens is 306 g/mol. The minimum Gasteiger partial charge on any atom is -0.326 e. The number of H-pyrrole nitrogens is 1. The van der Waals surface area contributed by atoms with Crippen LogP contribution in [0.2, 0.25) is 0 Å². The van der Waals surface area contributed by atoms with Crippen molar-refractivity contribution in [2.75, 3.05) is 5.32 Å². The van der Waals surface area contributed by atoms with Gasteiger partial charge in [0.2, 0.25) is 5.95 Å². The molecule has 0 saturated carbocycles. The Morgan fingerprint density at radius 2 is 2.13 bits per heavy atom. The maximum Gasteiger partial charge on any atom is 0.205 e. The highest BCUT2D eigenvalue weighted by Gasteiger charge is 2.07. The molecule has 23 heavy (non-hydrogen) atoms. The second-order valence-electron chi connectivity index (χ2n) is 4.97. The summed E-state index contributed by atoms with van der Waals surface area (Å²) in [5.74, 6) is 0.645. The monoisotopic (exact) mass is 317 g/mol. The Morgan fingerprint density at radius 3 is 2.96 bits per heavy atom. The average molecular weight is 317 g/mol. The number of nitriles is 1. The zero-order valence-corrected chi connectivity index (χ0v) is 12.8. The van der Waals surface area contributed by atoms with Crippen LogP contribution in [0.4, 0.5) is 11.6 Å². The summed E-state index contributed by atoms with van der Waals surface area (Å²) in [7, 11) is 0. The molecule has 0 aliphatic rings. The van der Waals surface area contributed by atoms with Crippen molar-refractivity contribution in [2.24, 2.45) is 0 Å². The minimum absolute atomic E-state index is 0.608. The predicted molar refractivity (Wildman–Crippen MR) is 91.6 cm³/mol. The molecule has 6 heteroatoms. The highest BCUT2D eigenvalue weighted by atomic mass is 32.1. The van der Waals surface area contributed by atoms with E-state index >= 15 is 0 Å². The smallest absolute Gasteiger partial charge is 0.205 e. The molecule has 0 bridgehead atoms. The van der Waals surface area contributed by atoms with Crippen LogP contribution in [-0.4, -0.2) is 15.0 Å². The summed E-state index contributed by atoms with van der Waals surface area (Å²) < 4.78 is 0. The lowest BCUT2D eigenvalue weighted by Gasteiger charge is -2.02. The van der Waals surface area contributed by atoms with Gasteiger partial charge in [-0.25, -0.2) is 9.97 Å². The number of thiazole rings is 1. The molecule has 4 rings (SSSR count). The summed E-state index contributed by atoms with van der Waals surface area (Å²) in [5, 5.41) is 15.1. The average Bonchev–Trinajstić information content (AvgIpc) is 3.23. The molecule has 0 saturated heterocycles. The fraction of sp³-hybridized carbons (Fsp3) is 0. The van der Waals surface area contributed by atoms with Crippen LogP contribution in [-0.2, 0) is 0 Å². The molecule has 5 nitrogen and oxygen atoms in total. The Hall–Kier alpha value is -3.17. The molecule has 2 N–H and O–H groups in total. The molecule has 0 radical (unpaired) electrons. The van der Waals surface area contributed by atoms with Crippen molar-refractivity contribution in [3.63, 3.8) is 0 Å². The van der Waals surface area contributed by atoms with Gasteiger partial charge in [-0.2, -0.15) is 5.26 Å². The minimum atomic E-state index is 0.608. The summed E-state index contributed by atoms with van der Waals surface area (Å²) in [5.41, 5.74) is 4.32. The molecule has 2 heterocycles. The van der Waals surface area contributed by atoms with Crippen LogP contribution in [0.15, 0.2) is 54.0 Å². The van der Waals surface area contributed by atoms with Crippen molar-refractivity contribution in [2.45, 2.75) is 0 Å². The summed E-state index contributed by atoms with van der Waals surface area (Å²) >= 11 is 1.61. The van der Waals surface area contributed by atoms with Gasteiger partial charge in [-0.15, -0.1) is 11.3 Å². The number of aromatic amines is 1. The van der Waals surface area contributed by atoms with Crippen LogP contribution >= 0.6 is 11.3 Å². The highest BCUT2D eigenvalue weighted by molar-refractivity contribution is 7.13. The van der Waals surface area contributed by atoms with Crippen molar-refractivity contribution in [1.82, 2.24) is 15.0 Å². The number of benzene rings is 2. The number of nitrogens with zero attached hydrogens (tertiary/aromatic N) is 3. The molecule has 0 aliphatic heterocycles. The number of rotatable bonds is 3. The topological polar surface area (TPSA) is 77.4 Å². The second kappa shape index (κ2) is 5.55. The number of hydrogen-bond donors (Lipinski definition) is 2. The maximum absolute atomic E-state index is 8.96. The SMILES string of the molecule is N#Cc1cccc(Nc2nc3ccc(-c4nccs4)cc3[nH]2)c1. The van der Waals surface area contributed by atoms with E-state index in [4.69, 9.17) is 5.26 Å². The van der Waals surface area contributed by atoms with E-state index in [2.05, 4.69) is 26.3 Å². The fourth-order valence-corrected chi connectivity index (χ4v) is 3.01. The van der Waals surface area contributed by atoms with E-state index in [1.165, 1.54) is 0 Å². The first-order valence-electron chi connectivity index (χ1n) is 6.99. The molecule has 2 aromatic carbocycles. The molecular formula is C17H11N5S. The Kier molecular flexibility index (Phi) is 3.26. The number of hydrogen-bond acceptors (Lipinski definition) is 5. The molecule has 0 amide bonds. The van der Waals surface area contributed by atoms with Crippen LogP contribution in [0.25, 0.3) is 21.6 Å². The van der Waals surface area contributed by atoms with Crippen molar-refractivity contribution >= 4 is 34.0 Å². The van der Waals surface area contributed by atoms with Crippen LogP contribution in [0, 0.1) is 11.3 Å². The predicted octanol–water partition coefficient (Wildman–Crippen LogP) is 4.30. The number of nitrogens with one attached hydrogen (secondary N) is 2. The lowest BCUT2D eigenvalue weighted by Crippen LogP contribution is -1.92. The van der Waals surface area contributed by atoms with Gasteiger partial charge >= 0.3 is 0 Å². The van der Waals surface area contributed by atoms with Crippen molar-refractivity contribution in [3.05, 3.63) is 59.6 Å².